The molecule has 0 unspecified atom stereocenters. The zero-order valence-electron chi connectivity index (χ0n) is 9.78. The predicted molar refractivity (Wildman–Crippen MR) is 77.1 cm³/mol. The minimum atomic E-state index is 0.223. The molecule has 0 spiro atoms. The molecule has 0 N–H and O–H groups in total. The molecule has 0 fully saturated rings. The number of nitrogens with zero attached hydrogens (tertiary/aromatic N) is 3. The average molecular weight is 347 g/mol. The lowest BCUT2D eigenvalue weighted by atomic mass is 10.1. The maximum absolute atomic E-state index is 6.10. The van der Waals surface area contributed by atoms with Gasteiger partial charge in [-0.05, 0) is 34.0 Å². The lowest BCUT2D eigenvalue weighted by Gasteiger charge is -2.10. The Labute approximate surface area is 124 Å². The van der Waals surface area contributed by atoms with E-state index in [9.17, 15) is 0 Å². The molecule has 0 aromatic carbocycles. The molecule has 0 saturated carbocycles. The van der Waals surface area contributed by atoms with Crippen LogP contribution in [-0.2, 0) is 0 Å². The van der Waals surface area contributed by atoms with Crippen molar-refractivity contribution in [3.63, 3.8) is 0 Å². The van der Waals surface area contributed by atoms with Crippen LogP contribution in [-0.4, -0.2) is 15.0 Å². The van der Waals surface area contributed by atoms with Crippen LogP contribution in [0.25, 0.3) is 11.5 Å². The van der Waals surface area contributed by atoms with Crippen molar-refractivity contribution in [3.05, 3.63) is 38.7 Å². The van der Waals surface area contributed by atoms with Crippen LogP contribution in [0.5, 0.6) is 0 Å². The van der Waals surface area contributed by atoms with Crippen molar-refractivity contribution in [1.29, 1.82) is 0 Å². The van der Waals surface area contributed by atoms with Crippen LogP contribution in [0.3, 0.4) is 0 Å². The first-order valence-corrected chi connectivity index (χ1v) is 6.89. The third-order valence-electron chi connectivity index (χ3n) is 2.35. The summed E-state index contributed by atoms with van der Waals surface area (Å²) in [6, 6.07) is 3.51. The Balaban J connectivity index is 2.63. The molecule has 0 atom stereocenters. The van der Waals surface area contributed by atoms with Crippen molar-refractivity contribution in [2.45, 2.75) is 19.8 Å². The highest BCUT2D eigenvalue weighted by molar-refractivity contribution is 9.10. The third kappa shape index (κ3) is 2.66. The van der Waals surface area contributed by atoms with Gasteiger partial charge in [0.1, 0.15) is 10.8 Å². The van der Waals surface area contributed by atoms with E-state index in [-0.39, 0.29) is 5.92 Å². The monoisotopic (exact) mass is 345 g/mol. The molecular formula is C12H10BrCl2N3. The van der Waals surface area contributed by atoms with Gasteiger partial charge in [0, 0.05) is 6.20 Å². The molecule has 2 heterocycles. The zero-order valence-corrected chi connectivity index (χ0v) is 12.9. The molecule has 0 aliphatic heterocycles. The summed E-state index contributed by atoms with van der Waals surface area (Å²) in [5.74, 6) is 0.665. The highest BCUT2D eigenvalue weighted by Gasteiger charge is 2.16. The molecule has 0 bridgehead atoms. The van der Waals surface area contributed by atoms with E-state index in [0.717, 1.165) is 10.2 Å². The molecule has 3 nitrogen and oxygen atoms in total. The highest BCUT2D eigenvalue weighted by Crippen LogP contribution is 2.32. The second-order valence-electron chi connectivity index (χ2n) is 4.03. The van der Waals surface area contributed by atoms with Gasteiger partial charge >= 0.3 is 0 Å². The van der Waals surface area contributed by atoms with Crippen molar-refractivity contribution >= 4 is 39.1 Å². The summed E-state index contributed by atoms with van der Waals surface area (Å²) in [4.78, 5) is 12.9. The third-order valence-corrected chi connectivity index (χ3v) is 3.94. The van der Waals surface area contributed by atoms with E-state index in [1.54, 1.807) is 18.3 Å². The van der Waals surface area contributed by atoms with Crippen LogP contribution < -0.4 is 0 Å². The fraction of sp³-hybridized carbons (Fsp3) is 0.250. The predicted octanol–water partition coefficient (Wildman–Crippen LogP) is 4.73. The largest absolute Gasteiger partial charge is 0.251 e. The van der Waals surface area contributed by atoms with Crippen LogP contribution in [0.1, 0.15) is 25.5 Å². The Morgan fingerprint density at radius 1 is 1.22 bits per heavy atom. The lowest BCUT2D eigenvalue weighted by Crippen LogP contribution is -2.01. The first-order valence-electron chi connectivity index (χ1n) is 5.34. The summed E-state index contributed by atoms with van der Waals surface area (Å²) in [5, 5.41) is 0.871. The number of rotatable bonds is 2. The van der Waals surface area contributed by atoms with E-state index in [1.165, 1.54) is 0 Å². The molecule has 0 saturated heterocycles. The normalized spacial score (nSPS) is 11.0. The van der Waals surface area contributed by atoms with Gasteiger partial charge in [0.25, 0.3) is 0 Å². The maximum atomic E-state index is 6.10. The molecule has 0 aliphatic rings. The quantitative estimate of drug-likeness (QED) is 0.738. The Bertz CT molecular complexity index is 588. The van der Waals surface area contributed by atoms with E-state index in [1.807, 2.05) is 13.8 Å². The van der Waals surface area contributed by atoms with E-state index < -0.39 is 0 Å². The minimum absolute atomic E-state index is 0.223. The van der Waals surface area contributed by atoms with Gasteiger partial charge in [-0.2, -0.15) is 0 Å². The number of aromatic nitrogens is 3. The molecule has 2 aromatic heterocycles. The minimum Gasteiger partial charge on any atom is -0.251 e. The number of hydrogen-bond donors (Lipinski definition) is 0. The zero-order chi connectivity index (χ0) is 13.3. The summed E-state index contributed by atoms with van der Waals surface area (Å²) >= 11 is 15.6. The first kappa shape index (κ1) is 13.7. The summed E-state index contributed by atoms with van der Waals surface area (Å²) in [6.07, 6.45) is 1.65. The van der Waals surface area contributed by atoms with Crippen LogP contribution >= 0.6 is 39.1 Å². The van der Waals surface area contributed by atoms with Crippen LogP contribution in [0, 0.1) is 0 Å². The standard InChI is InChI=1S/C12H10BrCl2N3/c1-6(2)9-8(13)11(15)18-12(17-9)10-7(14)4-3-5-16-10/h3-6H,1-2H3. The van der Waals surface area contributed by atoms with Crippen molar-refractivity contribution in [2.75, 3.05) is 0 Å². The molecule has 0 radical (unpaired) electrons. The molecule has 0 aliphatic carbocycles. The van der Waals surface area contributed by atoms with Gasteiger partial charge in [-0.1, -0.05) is 37.0 Å². The second-order valence-corrected chi connectivity index (χ2v) is 5.58. The molecule has 6 heteroatoms. The number of hydrogen-bond acceptors (Lipinski definition) is 3. The Morgan fingerprint density at radius 3 is 2.56 bits per heavy atom. The lowest BCUT2D eigenvalue weighted by molar-refractivity contribution is 0.808. The van der Waals surface area contributed by atoms with Crippen LogP contribution in [0.15, 0.2) is 22.8 Å². The molecule has 94 valence electrons. The van der Waals surface area contributed by atoms with E-state index in [4.69, 9.17) is 23.2 Å². The van der Waals surface area contributed by atoms with Crippen molar-refractivity contribution < 1.29 is 0 Å². The smallest absolute Gasteiger partial charge is 0.181 e. The van der Waals surface area contributed by atoms with E-state index in [0.29, 0.717) is 21.7 Å². The summed E-state index contributed by atoms with van der Waals surface area (Å²) in [5.41, 5.74) is 1.38. The molecular weight excluding hydrogens is 337 g/mol. The molecule has 2 rings (SSSR count). The highest BCUT2D eigenvalue weighted by atomic mass is 79.9. The number of halogens is 3. The molecule has 18 heavy (non-hydrogen) atoms. The summed E-state index contributed by atoms with van der Waals surface area (Å²) < 4.78 is 0.718. The van der Waals surface area contributed by atoms with Crippen LogP contribution in [0.2, 0.25) is 10.2 Å². The van der Waals surface area contributed by atoms with Crippen molar-refractivity contribution in [2.24, 2.45) is 0 Å². The molecule has 0 amide bonds. The average Bonchev–Trinajstić information content (AvgIpc) is 2.33. The van der Waals surface area contributed by atoms with E-state index in [2.05, 4.69) is 30.9 Å². The van der Waals surface area contributed by atoms with Crippen LogP contribution in [0.4, 0.5) is 0 Å². The molecule has 2 aromatic rings. The van der Waals surface area contributed by atoms with E-state index >= 15 is 0 Å². The van der Waals surface area contributed by atoms with Gasteiger partial charge < -0.3 is 0 Å². The van der Waals surface area contributed by atoms with Gasteiger partial charge in [0.2, 0.25) is 0 Å². The van der Waals surface area contributed by atoms with Gasteiger partial charge in [-0.15, -0.1) is 0 Å². The fourth-order valence-corrected chi connectivity index (χ4v) is 2.49. The Hall–Kier alpha value is -0.710. The fourth-order valence-electron chi connectivity index (χ4n) is 1.47. The second kappa shape index (κ2) is 5.51. The summed E-state index contributed by atoms with van der Waals surface area (Å²) in [6.45, 7) is 4.07. The summed E-state index contributed by atoms with van der Waals surface area (Å²) in [7, 11) is 0. The van der Waals surface area contributed by atoms with Crippen molar-refractivity contribution in [1.82, 2.24) is 15.0 Å². The first-order chi connectivity index (χ1) is 8.50. The maximum Gasteiger partial charge on any atom is 0.181 e. The van der Waals surface area contributed by atoms with Gasteiger partial charge in [-0.3, -0.25) is 4.98 Å². The number of pyridine rings is 1. The van der Waals surface area contributed by atoms with Gasteiger partial charge in [-0.25, -0.2) is 9.97 Å². The van der Waals surface area contributed by atoms with Gasteiger partial charge in [0.15, 0.2) is 5.82 Å². The van der Waals surface area contributed by atoms with Crippen molar-refractivity contribution in [3.8, 4) is 11.5 Å². The Morgan fingerprint density at radius 2 is 1.94 bits per heavy atom. The van der Waals surface area contributed by atoms with Gasteiger partial charge in [0.05, 0.1) is 15.2 Å². The Kier molecular flexibility index (Phi) is 4.20. The topological polar surface area (TPSA) is 38.7 Å². The SMILES string of the molecule is CC(C)c1nc(-c2ncccc2Cl)nc(Cl)c1Br.